The highest BCUT2D eigenvalue weighted by Crippen LogP contribution is 2.26. The Morgan fingerprint density at radius 1 is 1.21 bits per heavy atom. The number of aryl methyl sites for hydroxylation is 1. The summed E-state index contributed by atoms with van der Waals surface area (Å²) in [7, 11) is 0. The van der Waals surface area contributed by atoms with Gasteiger partial charge in [-0.05, 0) is 41.8 Å². The van der Waals surface area contributed by atoms with Crippen molar-refractivity contribution in [2.75, 3.05) is 11.9 Å². The zero-order valence-corrected chi connectivity index (χ0v) is 11.6. The van der Waals surface area contributed by atoms with Gasteiger partial charge in [-0.1, -0.05) is 29.8 Å². The van der Waals surface area contributed by atoms with Crippen molar-refractivity contribution in [3.05, 3.63) is 58.1 Å². The minimum atomic E-state index is 0.760. The van der Waals surface area contributed by atoms with Crippen LogP contribution in [-0.2, 0) is 13.0 Å². The van der Waals surface area contributed by atoms with E-state index < -0.39 is 0 Å². The number of anilines is 1. The van der Waals surface area contributed by atoms with Crippen molar-refractivity contribution in [2.45, 2.75) is 19.9 Å². The van der Waals surface area contributed by atoms with Gasteiger partial charge in [0.1, 0.15) is 5.75 Å². The third-order valence-electron chi connectivity index (χ3n) is 3.44. The first-order valence-electron chi connectivity index (χ1n) is 6.47. The second kappa shape index (κ2) is 5.14. The van der Waals surface area contributed by atoms with Crippen molar-refractivity contribution in [1.82, 2.24) is 0 Å². The van der Waals surface area contributed by atoms with Crippen LogP contribution in [-0.4, -0.2) is 6.61 Å². The summed E-state index contributed by atoms with van der Waals surface area (Å²) in [6.45, 7) is 3.68. The van der Waals surface area contributed by atoms with Crippen LogP contribution in [0.25, 0.3) is 0 Å². The van der Waals surface area contributed by atoms with E-state index in [-0.39, 0.29) is 0 Å². The Labute approximate surface area is 118 Å². The monoisotopic (exact) mass is 273 g/mol. The molecule has 0 saturated heterocycles. The Balaban J connectivity index is 1.74. The molecule has 1 aliphatic rings. The fraction of sp³-hybridized carbons (Fsp3) is 0.250. The number of halogens is 1. The van der Waals surface area contributed by atoms with E-state index in [2.05, 4.69) is 30.4 Å². The van der Waals surface area contributed by atoms with Crippen LogP contribution in [0, 0.1) is 6.92 Å². The van der Waals surface area contributed by atoms with Gasteiger partial charge in [-0.3, -0.25) is 0 Å². The molecule has 2 aromatic rings. The van der Waals surface area contributed by atoms with Crippen LogP contribution in [0.3, 0.4) is 0 Å². The Morgan fingerprint density at radius 3 is 3.00 bits per heavy atom. The third kappa shape index (κ3) is 2.69. The molecule has 2 nitrogen and oxygen atoms in total. The summed E-state index contributed by atoms with van der Waals surface area (Å²) >= 11 is 6.02. The second-order valence-electron chi connectivity index (χ2n) is 4.85. The molecule has 0 radical (unpaired) electrons. The fourth-order valence-corrected chi connectivity index (χ4v) is 2.50. The number of hydrogen-bond donors (Lipinski definition) is 1. The van der Waals surface area contributed by atoms with Crippen LogP contribution in [0.1, 0.15) is 16.7 Å². The predicted octanol–water partition coefficient (Wildman–Crippen LogP) is 4.20. The Morgan fingerprint density at radius 2 is 2.11 bits per heavy atom. The molecule has 98 valence electrons. The first-order chi connectivity index (χ1) is 9.22. The van der Waals surface area contributed by atoms with E-state index >= 15 is 0 Å². The lowest BCUT2D eigenvalue weighted by atomic mass is 10.1. The molecule has 1 N–H and O–H groups in total. The molecule has 2 aromatic carbocycles. The molecular weight excluding hydrogens is 258 g/mol. The van der Waals surface area contributed by atoms with Crippen molar-refractivity contribution in [1.29, 1.82) is 0 Å². The Kier molecular flexibility index (Phi) is 3.34. The average molecular weight is 274 g/mol. The predicted molar refractivity (Wildman–Crippen MR) is 79.2 cm³/mol. The van der Waals surface area contributed by atoms with E-state index in [4.69, 9.17) is 16.3 Å². The zero-order chi connectivity index (χ0) is 13.2. The third-order valence-corrected chi connectivity index (χ3v) is 3.67. The summed E-state index contributed by atoms with van der Waals surface area (Å²) < 4.78 is 5.51. The Bertz CT molecular complexity index is 610. The van der Waals surface area contributed by atoms with Gasteiger partial charge in [0.25, 0.3) is 0 Å². The van der Waals surface area contributed by atoms with E-state index in [9.17, 15) is 0 Å². The molecule has 0 amide bonds. The van der Waals surface area contributed by atoms with Crippen LogP contribution in [0.4, 0.5) is 5.69 Å². The molecule has 0 fully saturated rings. The van der Waals surface area contributed by atoms with Gasteiger partial charge in [0, 0.05) is 23.7 Å². The van der Waals surface area contributed by atoms with Crippen molar-refractivity contribution in [2.24, 2.45) is 0 Å². The molecule has 0 aliphatic carbocycles. The number of benzene rings is 2. The van der Waals surface area contributed by atoms with Gasteiger partial charge >= 0.3 is 0 Å². The minimum Gasteiger partial charge on any atom is -0.493 e. The average Bonchev–Trinajstić information content (AvgIpc) is 2.87. The molecule has 3 heteroatoms. The highest BCUT2D eigenvalue weighted by atomic mass is 35.5. The standard InChI is InChI=1S/C16H16ClNO/c1-11-2-4-14(17)9-15(11)18-10-12-3-5-16-13(8-12)6-7-19-16/h2-5,8-9,18H,6-7,10H2,1H3. The van der Waals surface area contributed by atoms with E-state index in [1.807, 2.05) is 18.2 Å². The largest absolute Gasteiger partial charge is 0.493 e. The summed E-state index contributed by atoms with van der Waals surface area (Å²) in [5.41, 5.74) is 4.86. The molecule has 0 bridgehead atoms. The minimum absolute atomic E-state index is 0.760. The smallest absolute Gasteiger partial charge is 0.122 e. The maximum absolute atomic E-state index is 6.02. The molecule has 0 aromatic heterocycles. The van der Waals surface area contributed by atoms with Crippen LogP contribution in [0.2, 0.25) is 5.02 Å². The van der Waals surface area contributed by atoms with E-state index in [1.165, 1.54) is 16.7 Å². The summed E-state index contributed by atoms with van der Waals surface area (Å²) in [5, 5.41) is 4.20. The molecule has 19 heavy (non-hydrogen) atoms. The Hall–Kier alpha value is -1.67. The van der Waals surface area contributed by atoms with Gasteiger partial charge < -0.3 is 10.1 Å². The van der Waals surface area contributed by atoms with E-state index in [0.717, 1.165) is 36.0 Å². The molecule has 0 saturated carbocycles. The second-order valence-corrected chi connectivity index (χ2v) is 5.29. The first-order valence-corrected chi connectivity index (χ1v) is 6.85. The van der Waals surface area contributed by atoms with Crippen LogP contribution in [0.15, 0.2) is 36.4 Å². The van der Waals surface area contributed by atoms with E-state index in [1.54, 1.807) is 0 Å². The van der Waals surface area contributed by atoms with Gasteiger partial charge in [0.15, 0.2) is 0 Å². The number of rotatable bonds is 3. The fourth-order valence-electron chi connectivity index (χ4n) is 2.33. The normalized spacial score (nSPS) is 12.9. The SMILES string of the molecule is Cc1ccc(Cl)cc1NCc1ccc2c(c1)CCO2. The van der Waals surface area contributed by atoms with Crippen molar-refractivity contribution >= 4 is 17.3 Å². The molecule has 1 aliphatic heterocycles. The lowest BCUT2D eigenvalue weighted by Crippen LogP contribution is -2.01. The number of fused-ring (bicyclic) bond motifs is 1. The summed E-state index contributed by atoms with van der Waals surface area (Å²) in [5.74, 6) is 1.03. The molecule has 0 unspecified atom stereocenters. The van der Waals surface area contributed by atoms with Crippen LogP contribution < -0.4 is 10.1 Å². The number of ether oxygens (including phenoxy) is 1. The van der Waals surface area contributed by atoms with Gasteiger partial charge in [-0.2, -0.15) is 0 Å². The molecule has 3 rings (SSSR count). The van der Waals surface area contributed by atoms with Crippen molar-refractivity contribution in [3.63, 3.8) is 0 Å². The highest BCUT2D eigenvalue weighted by molar-refractivity contribution is 6.30. The van der Waals surface area contributed by atoms with Crippen molar-refractivity contribution in [3.8, 4) is 5.75 Å². The molecular formula is C16H16ClNO. The topological polar surface area (TPSA) is 21.3 Å². The summed E-state index contributed by atoms with van der Waals surface area (Å²) in [6, 6.07) is 12.3. The van der Waals surface area contributed by atoms with E-state index in [0.29, 0.717) is 0 Å². The number of nitrogens with one attached hydrogen (secondary N) is 1. The molecule has 0 atom stereocenters. The van der Waals surface area contributed by atoms with Gasteiger partial charge in [0.2, 0.25) is 0 Å². The van der Waals surface area contributed by atoms with Gasteiger partial charge in [-0.25, -0.2) is 0 Å². The van der Waals surface area contributed by atoms with Gasteiger partial charge in [0.05, 0.1) is 6.61 Å². The summed E-state index contributed by atoms with van der Waals surface area (Å²) in [4.78, 5) is 0. The lowest BCUT2D eigenvalue weighted by Gasteiger charge is -2.10. The zero-order valence-electron chi connectivity index (χ0n) is 10.9. The van der Waals surface area contributed by atoms with Crippen molar-refractivity contribution < 1.29 is 4.74 Å². The molecule has 0 spiro atoms. The van der Waals surface area contributed by atoms with Crippen LogP contribution in [0.5, 0.6) is 5.75 Å². The molecule has 1 heterocycles. The number of hydrogen-bond acceptors (Lipinski definition) is 2. The first kappa shape index (κ1) is 12.4. The lowest BCUT2D eigenvalue weighted by molar-refractivity contribution is 0.357. The van der Waals surface area contributed by atoms with Crippen LogP contribution >= 0.6 is 11.6 Å². The summed E-state index contributed by atoms with van der Waals surface area (Å²) in [6.07, 6.45) is 1.01. The maximum atomic E-state index is 6.02. The quantitative estimate of drug-likeness (QED) is 0.905. The van der Waals surface area contributed by atoms with Gasteiger partial charge in [-0.15, -0.1) is 0 Å². The maximum Gasteiger partial charge on any atom is 0.122 e. The highest BCUT2D eigenvalue weighted by Gasteiger charge is 2.11.